The predicted molar refractivity (Wildman–Crippen MR) is 62.4 cm³/mol. The molecule has 0 aliphatic heterocycles. The highest BCUT2D eigenvalue weighted by atomic mass is 16.2. The molecule has 1 heterocycles. The Morgan fingerprint density at radius 2 is 2.31 bits per heavy atom. The first kappa shape index (κ1) is 12.4. The van der Waals surface area contributed by atoms with Gasteiger partial charge in [-0.15, -0.1) is 0 Å². The number of pyridine rings is 1. The lowest BCUT2D eigenvalue weighted by Crippen LogP contribution is -2.32. The molecule has 0 aromatic carbocycles. The van der Waals surface area contributed by atoms with E-state index in [4.69, 9.17) is 5.73 Å². The first-order valence-corrected chi connectivity index (χ1v) is 5.24. The van der Waals surface area contributed by atoms with Crippen molar-refractivity contribution < 1.29 is 4.79 Å². The van der Waals surface area contributed by atoms with Gasteiger partial charge in [-0.05, 0) is 20.3 Å². The fraction of sp³-hybridized carbons (Fsp3) is 0.455. The van der Waals surface area contributed by atoms with Crippen molar-refractivity contribution in [1.29, 1.82) is 0 Å². The molecule has 0 fully saturated rings. The molecular weight excluding hydrogens is 206 g/mol. The average Bonchev–Trinajstić information content (AvgIpc) is 2.16. The number of aromatic amines is 1. The number of carbonyl (C=O) groups excluding carboxylic acids is 1. The van der Waals surface area contributed by atoms with Gasteiger partial charge in [0.25, 0.3) is 5.91 Å². The number of nitrogens with two attached hydrogens (primary N) is 1. The molecule has 16 heavy (non-hydrogen) atoms. The maximum absolute atomic E-state index is 11.6. The summed E-state index contributed by atoms with van der Waals surface area (Å²) >= 11 is 0. The van der Waals surface area contributed by atoms with Crippen molar-refractivity contribution in [1.82, 2.24) is 10.3 Å². The largest absolute Gasteiger partial charge is 0.364 e. The maximum atomic E-state index is 11.6. The molecule has 88 valence electrons. The second-order valence-corrected chi connectivity index (χ2v) is 3.92. The number of carbonyl (C=O) groups is 1. The first-order chi connectivity index (χ1) is 7.50. The number of aryl methyl sites for hydroxylation is 1. The van der Waals surface area contributed by atoms with E-state index in [0.29, 0.717) is 13.0 Å². The van der Waals surface area contributed by atoms with E-state index in [1.54, 1.807) is 6.92 Å². The van der Waals surface area contributed by atoms with Gasteiger partial charge in [0, 0.05) is 30.5 Å². The summed E-state index contributed by atoms with van der Waals surface area (Å²) in [6, 6.07) is 1.44. The fourth-order valence-corrected chi connectivity index (χ4v) is 1.26. The molecule has 0 aliphatic carbocycles. The van der Waals surface area contributed by atoms with Gasteiger partial charge < -0.3 is 16.0 Å². The van der Waals surface area contributed by atoms with Crippen molar-refractivity contribution >= 4 is 5.91 Å². The van der Waals surface area contributed by atoms with Crippen LogP contribution in [0.3, 0.4) is 0 Å². The van der Waals surface area contributed by atoms with Crippen LogP contribution in [0.1, 0.15) is 29.4 Å². The number of amides is 1. The molecule has 0 saturated carbocycles. The van der Waals surface area contributed by atoms with Crippen molar-refractivity contribution in [3.05, 3.63) is 33.7 Å². The topological polar surface area (TPSA) is 88.0 Å². The van der Waals surface area contributed by atoms with Crippen molar-refractivity contribution in [2.24, 2.45) is 5.73 Å². The molecule has 1 atom stereocenters. The van der Waals surface area contributed by atoms with Gasteiger partial charge in [-0.1, -0.05) is 0 Å². The minimum absolute atomic E-state index is 0.0385. The standard InChI is InChI=1S/C11H17N3O2/c1-7(12)3-4-13-11(16)9-6-14-8(2)5-10(9)15/h5-7H,3-4,12H2,1-2H3,(H,13,16)(H,14,15). The third-order valence-electron chi connectivity index (χ3n) is 2.19. The molecule has 0 bridgehead atoms. The fourth-order valence-electron chi connectivity index (χ4n) is 1.26. The van der Waals surface area contributed by atoms with Crippen LogP contribution in [0.4, 0.5) is 0 Å². The van der Waals surface area contributed by atoms with Crippen LogP contribution in [0.2, 0.25) is 0 Å². The third kappa shape index (κ3) is 3.51. The van der Waals surface area contributed by atoms with Crippen LogP contribution in [0.15, 0.2) is 17.1 Å². The Morgan fingerprint density at radius 1 is 1.62 bits per heavy atom. The van der Waals surface area contributed by atoms with Crippen molar-refractivity contribution in [2.45, 2.75) is 26.3 Å². The average molecular weight is 223 g/mol. The summed E-state index contributed by atoms with van der Waals surface area (Å²) < 4.78 is 0. The molecule has 0 saturated heterocycles. The van der Waals surface area contributed by atoms with Crippen LogP contribution in [-0.2, 0) is 0 Å². The van der Waals surface area contributed by atoms with E-state index in [1.807, 2.05) is 6.92 Å². The zero-order valence-electron chi connectivity index (χ0n) is 9.54. The van der Waals surface area contributed by atoms with Crippen LogP contribution in [0.25, 0.3) is 0 Å². The minimum atomic E-state index is -0.359. The summed E-state index contributed by atoms with van der Waals surface area (Å²) in [5.41, 5.74) is 6.15. The molecule has 5 nitrogen and oxygen atoms in total. The second-order valence-electron chi connectivity index (χ2n) is 3.92. The lowest BCUT2D eigenvalue weighted by molar-refractivity contribution is 0.0951. The highest BCUT2D eigenvalue weighted by molar-refractivity contribution is 5.93. The summed E-state index contributed by atoms with van der Waals surface area (Å²) in [6.07, 6.45) is 2.12. The van der Waals surface area contributed by atoms with Gasteiger partial charge in [-0.3, -0.25) is 9.59 Å². The van der Waals surface area contributed by atoms with Crippen LogP contribution >= 0.6 is 0 Å². The molecule has 5 heteroatoms. The number of hydrogen-bond donors (Lipinski definition) is 3. The summed E-state index contributed by atoms with van der Waals surface area (Å²) in [5, 5.41) is 2.65. The van der Waals surface area contributed by atoms with Crippen molar-refractivity contribution in [3.63, 3.8) is 0 Å². The van der Waals surface area contributed by atoms with Gasteiger partial charge >= 0.3 is 0 Å². The summed E-state index contributed by atoms with van der Waals surface area (Å²) in [5.74, 6) is -0.359. The molecule has 1 amide bonds. The Bertz CT molecular complexity index is 423. The lowest BCUT2D eigenvalue weighted by atomic mass is 10.2. The normalized spacial score (nSPS) is 12.2. The molecule has 1 aromatic rings. The van der Waals surface area contributed by atoms with E-state index in [2.05, 4.69) is 10.3 Å². The van der Waals surface area contributed by atoms with E-state index in [9.17, 15) is 9.59 Å². The Morgan fingerprint density at radius 3 is 2.88 bits per heavy atom. The molecule has 1 unspecified atom stereocenters. The third-order valence-corrected chi connectivity index (χ3v) is 2.19. The molecule has 0 spiro atoms. The van der Waals surface area contributed by atoms with Gasteiger partial charge in [0.2, 0.25) is 0 Å². The van der Waals surface area contributed by atoms with Crippen LogP contribution in [0.5, 0.6) is 0 Å². The van der Waals surface area contributed by atoms with Gasteiger partial charge in [-0.25, -0.2) is 0 Å². The predicted octanol–water partition coefficient (Wildman–Crippen LogP) is 0.150. The van der Waals surface area contributed by atoms with Gasteiger partial charge in [-0.2, -0.15) is 0 Å². The number of rotatable bonds is 4. The molecular formula is C11H17N3O2. The van der Waals surface area contributed by atoms with Crippen LogP contribution < -0.4 is 16.5 Å². The van der Waals surface area contributed by atoms with E-state index in [0.717, 1.165) is 5.69 Å². The zero-order chi connectivity index (χ0) is 12.1. The van der Waals surface area contributed by atoms with E-state index in [-0.39, 0.29) is 22.9 Å². The summed E-state index contributed by atoms with van der Waals surface area (Å²) in [7, 11) is 0. The van der Waals surface area contributed by atoms with Crippen molar-refractivity contribution in [3.8, 4) is 0 Å². The van der Waals surface area contributed by atoms with Crippen molar-refractivity contribution in [2.75, 3.05) is 6.54 Å². The zero-order valence-corrected chi connectivity index (χ0v) is 9.54. The quantitative estimate of drug-likeness (QED) is 0.679. The highest BCUT2D eigenvalue weighted by Crippen LogP contribution is 1.92. The smallest absolute Gasteiger partial charge is 0.256 e. The SMILES string of the molecule is Cc1cc(=O)c(C(=O)NCCC(C)N)c[nH]1. The van der Waals surface area contributed by atoms with Gasteiger partial charge in [0.15, 0.2) is 5.43 Å². The van der Waals surface area contributed by atoms with Gasteiger partial charge in [0.05, 0.1) is 0 Å². The summed E-state index contributed by atoms with van der Waals surface area (Å²) in [6.45, 7) is 4.11. The Hall–Kier alpha value is -1.62. The Balaban J connectivity index is 2.63. The van der Waals surface area contributed by atoms with Gasteiger partial charge in [0.1, 0.15) is 5.56 Å². The maximum Gasteiger partial charge on any atom is 0.256 e. The summed E-state index contributed by atoms with van der Waals surface area (Å²) in [4.78, 5) is 25.9. The molecule has 1 aromatic heterocycles. The van der Waals surface area contributed by atoms with E-state index >= 15 is 0 Å². The van der Waals surface area contributed by atoms with E-state index < -0.39 is 0 Å². The Kier molecular flexibility index (Phi) is 4.25. The molecule has 4 N–H and O–H groups in total. The second kappa shape index (κ2) is 5.46. The van der Waals surface area contributed by atoms with E-state index in [1.165, 1.54) is 12.3 Å². The first-order valence-electron chi connectivity index (χ1n) is 5.24. The van der Waals surface area contributed by atoms with Crippen LogP contribution in [-0.4, -0.2) is 23.5 Å². The number of aromatic nitrogens is 1. The minimum Gasteiger partial charge on any atom is -0.364 e. The van der Waals surface area contributed by atoms with Crippen LogP contribution in [0, 0.1) is 6.92 Å². The Labute approximate surface area is 94.1 Å². The monoisotopic (exact) mass is 223 g/mol. The number of H-pyrrole nitrogens is 1. The number of nitrogens with one attached hydrogen (secondary N) is 2. The highest BCUT2D eigenvalue weighted by Gasteiger charge is 2.09. The molecule has 0 radical (unpaired) electrons. The molecule has 0 aliphatic rings. The lowest BCUT2D eigenvalue weighted by Gasteiger charge is -2.06. The molecule has 1 rings (SSSR count). The number of hydrogen-bond acceptors (Lipinski definition) is 3.